The molecule has 1 aliphatic rings. The Hall–Kier alpha value is -0.320. The van der Waals surface area contributed by atoms with Crippen LogP contribution in [-0.4, -0.2) is 43.7 Å². The molecule has 4 nitrogen and oxygen atoms in total. The highest BCUT2D eigenvalue weighted by molar-refractivity contribution is 5.85. The van der Waals surface area contributed by atoms with Gasteiger partial charge in [-0.25, -0.2) is 0 Å². The SMILES string of the molecule is COC(CN)C(=O)N1CC(C)C(C)C1.Cl. The minimum atomic E-state index is -0.465. The molecule has 0 radical (unpaired) electrons. The number of nitrogens with zero attached hydrogens (tertiary/aromatic N) is 1. The summed E-state index contributed by atoms with van der Waals surface area (Å²) >= 11 is 0. The Morgan fingerprint density at radius 1 is 1.47 bits per heavy atom. The van der Waals surface area contributed by atoms with Crippen LogP contribution in [0.3, 0.4) is 0 Å². The normalized spacial score (nSPS) is 27.3. The summed E-state index contributed by atoms with van der Waals surface area (Å²) in [6, 6.07) is 0. The molecule has 1 saturated heterocycles. The fourth-order valence-corrected chi connectivity index (χ4v) is 1.81. The van der Waals surface area contributed by atoms with Crippen LogP contribution in [0.1, 0.15) is 13.8 Å². The zero-order chi connectivity index (χ0) is 10.7. The van der Waals surface area contributed by atoms with Crippen LogP contribution in [0.4, 0.5) is 0 Å². The van der Waals surface area contributed by atoms with Gasteiger partial charge in [-0.2, -0.15) is 0 Å². The van der Waals surface area contributed by atoms with Crippen LogP contribution in [0.25, 0.3) is 0 Å². The van der Waals surface area contributed by atoms with Crippen LogP contribution >= 0.6 is 12.4 Å². The van der Waals surface area contributed by atoms with Gasteiger partial charge in [0.25, 0.3) is 5.91 Å². The maximum absolute atomic E-state index is 11.8. The third-order valence-electron chi connectivity index (χ3n) is 3.07. The number of methoxy groups -OCH3 is 1. The van der Waals surface area contributed by atoms with E-state index in [1.165, 1.54) is 7.11 Å². The minimum absolute atomic E-state index is 0. The number of hydrogen-bond donors (Lipinski definition) is 1. The summed E-state index contributed by atoms with van der Waals surface area (Å²) in [5.41, 5.74) is 5.45. The maximum Gasteiger partial charge on any atom is 0.253 e. The van der Waals surface area contributed by atoms with Crippen molar-refractivity contribution < 1.29 is 9.53 Å². The van der Waals surface area contributed by atoms with E-state index in [0.29, 0.717) is 11.8 Å². The Balaban J connectivity index is 0.00000196. The molecule has 90 valence electrons. The fourth-order valence-electron chi connectivity index (χ4n) is 1.81. The quantitative estimate of drug-likeness (QED) is 0.776. The van der Waals surface area contributed by atoms with Crippen molar-refractivity contribution in [3.63, 3.8) is 0 Å². The molecule has 1 heterocycles. The number of rotatable bonds is 3. The molecule has 0 spiro atoms. The van der Waals surface area contributed by atoms with Gasteiger partial charge < -0.3 is 15.4 Å². The predicted molar refractivity (Wildman–Crippen MR) is 62.0 cm³/mol. The molecule has 0 saturated carbocycles. The van der Waals surface area contributed by atoms with Gasteiger partial charge in [0.1, 0.15) is 6.10 Å². The molecule has 3 atom stereocenters. The van der Waals surface area contributed by atoms with E-state index in [1.54, 1.807) is 0 Å². The molecule has 0 aromatic rings. The number of carbonyl (C=O) groups is 1. The largest absolute Gasteiger partial charge is 0.370 e. The van der Waals surface area contributed by atoms with Crippen LogP contribution in [0.5, 0.6) is 0 Å². The van der Waals surface area contributed by atoms with Crippen LogP contribution in [-0.2, 0) is 9.53 Å². The lowest BCUT2D eigenvalue weighted by Crippen LogP contribution is -2.42. The predicted octanol–water partition coefficient (Wildman–Crippen LogP) is 0.496. The number of amides is 1. The lowest BCUT2D eigenvalue weighted by Gasteiger charge is -2.21. The van der Waals surface area contributed by atoms with Crippen molar-refractivity contribution in [3.8, 4) is 0 Å². The molecule has 1 aliphatic heterocycles. The van der Waals surface area contributed by atoms with Gasteiger partial charge in [-0.05, 0) is 11.8 Å². The van der Waals surface area contributed by atoms with E-state index in [2.05, 4.69) is 13.8 Å². The van der Waals surface area contributed by atoms with Crippen molar-refractivity contribution in [2.45, 2.75) is 20.0 Å². The molecule has 0 bridgehead atoms. The summed E-state index contributed by atoms with van der Waals surface area (Å²) in [7, 11) is 1.53. The van der Waals surface area contributed by atoms with E-state index < -0.39 is 6.10 Å². The molecule has 3 unspecified atom stereocenters. The molecule has 1 fully saturated rings. The van der Waals surface area contributed by atoms with E-state index in [1.807, 2.05) is 4.90 Å². The Morgan fingerprint density at radius 3 is 2.27 bits per heavy atom. The average Bonchev–Trinajstić information content (AvgIpc) is 2.49. The Bertz CT molecular complexity index is 200. The smallest absolute Gasteiger partial charge is 0.253 e. The van der Waals surface area contributed by atoms with E-state index >= 15 is 0 Å². The second-order valence-electron chi connectivity index (χ2n) is 4.16. The molecule has 0 aromatic heterocycles. The van der Waals surface area contributed by atoms with Crippen molar-refractivity contribution in [2.24, 2.45) is 17.6 Å². The van der Waals surface area contributed by atoms with E-state index in [0.717, 1.165) is 13.1 Å². The lowest BCUT2D eigenvalue weighted by atomic mass is 10.0. The first kappa shape index (κ1) is 14.7. The highest BCUT2D eigenvalue weighted by Gasteiger charge is 2.32. The number of ether oxygens (including phenoxy) is 1. The standard InChI is InChI=1S/C10H20N2O2.ClH/c1-7-5-12(6-8(7)2)10(13)9(4-11)14-3;/h7-9H,4-6,11H2,1-3H3;1H. The number of carbonyl (C=O) groups excluding carboxylic acids is 1. The van der Waals surface area contributed by atoms with Crippen molar-refractivity contribution in [1.29, 1.82) is 0 Å². The average molecular weight is 237 g/mol. The lowest BCUT2D eigenvalue weighted by molar-refractivity contribution is -0.140. The van der Waals surface area contributed by atoms with Crippen LogP contribution < -0.4 is 5.73 Å². The summed E-state index contributed by atoms with van der Waals surface area (Å²) in [5, 5.41) is 0. The van der Waals surface area contributed by atoms with Crippen LogP contribution in [0.2, 0.25) is 0 Å². The Kier molecular flexibility index (Phi) is 6.17. The summed E-state index contributed by atoms with van der Waals surface area (Å²) in [6.07, 6.45) is -0.465. The van der Waals surface area contributed by atoms with E-state index in [-0.39, 0.29) is 24.9 Å². The molecule has 0 aromatic carbocycles. The first-order valence-corrected chi connectivity index (χ1v) is 5.11. The molecule has 5 heteroatoms. The third kappa shape index (κ3) is 3.33. The van der Waals surface area contributed by atoms with E-state index in [4.69, 9.17) is 10.5 Å². The van der Waals surface area contributed by atoms with Gasteiger partial charge in [-0.1, -0.05) is 13.8 Å². The summed E-state index contributed by atoms with van der Waals surface area (Å²) < 4.78 is 5.03. The summed E-state index contributed by atoms with van der Waals surface area (Å²) in [5.74, 6) is 1.19. The molecular weight excluding hydrogens is 216 g/mol. The zero-order valence-electron chi connectivity index (χ0n) is 9.60. The molecule has 1 amide bonds. The van der Waals surface area contributed by atoms with Gasteiger partial charge in [0.15, 0.2) is 0 Å². The Morgan fingerprint density at radius 2 is 1.93 bits per heavy atom. The maximum atomic E-state index is 11.8. The molecular formula is C10H21ClN2O2. The van der Waals surface area contributed by atoms with Gasteiger partial charge in [0, 0.05) is 26.7 Å². The van der Waals surface area contributed by atoms with Crippen molar-refractivity contribution in [2.75, 3.05) is 26.7 Å². The van der Waals surface area contributed by atoms with Gasteiger partial charge in [0.05, 0.1) is 0 Å². The van der Waals surface area contributed by atoms with Gasteiger partial charge in [0.2, 0.25) is 0 Å². The van der Waals surface area contributed by atoms with Crippen molar-refractivity contribution >= 4 is 18.3 Å². The summed E-state index contributed by atoms with van der Waals surface area (Å²) in [6.45, 7) is 6.26. The first-order valence-electron chi connectivity index (χ1n) is 5.11. The molecule has 15 heavy (non-hydrogen) atoms. The van der Waals surface area contributed by atoms with Crippen molar-refractivity contribution in [1.82, 2.24) is 4.90 Å². The van der Waals surface area contributed by atoms with Gasteiger partial charge in [-0.15, -0.1) is 12.4 Å². The third-order valence-corrected chi connectivity index (χ3v) is 3.07. The molecule has 0 aliphatic carbocycles. The number of nitrogens with two attached hydrogens (primary N) is 1. The first-order chi connectivity index (χ1) is 6.60. The minimum Gasteiger partial charge on any atom is -0.370 e. The van der Waals surface area contributed by atoms with E-state index in [9.17, 15) is 4.79 Å². The highest BCUT2D eigenvalue weighted by Crippen LogP contribution is 2.22. The second kappa shape index (κ2) is 6.30. The van der Waals surface area contributed by atoms with Gasteiger partial charge >= 0.3 is 0 Å². The van der Waals surface area contributed by atoms with Gasteiger partial charge in [-0.3, -0.25) is 4.79 Å². The number of hydrogen-bond acceptors (Lipinski definition) is 3. The Labute approximate surface area is 97.5 Å². The second-order valence-corrected chi connectivity index (χ2v) is 4.16. The van der Waals surface area contributed by atoms with Crippen LogP contribution in [0, 0.1) is 11.8 Å². The van der Waals surface area contributed by atoms with Crippen molar-refractivity contribution in [3.05, 3.63) is 0 Å². The summed E-state index contributed by atoms with van der Waals surface area (Å²) in [4.78, 5) is 13.7. The zero-order valence-corrected chi connectivity index (χ0v) is 10.4. The number of likely N-dealkylation sites (tertiary alicyclic amines) is 1. The molecule has 1 rings (SSSR count). The topological polar surface area (TPSA) is 55.6 Å². The number of halogens is 1. The fraction of sp³-hybridized carbons (Fsp3) is 0.900. The van der Waals surface area contributed by atoms with Crippen LogP contribution in [0.15, 0.2) is 0 Å². The highest BCUT2D eigenvalue weighted by atomic mass is 35.5. The monoisotopic (exact) mass is 236 g/mol. The molecule has 2 N–H and O–H groups in total.